The molecule has 104 valence electrons. The Hall–Kier alpha value is -1.55. The van der Waals surface area contributed by atoms with E-state index in [1.165, 1.54) is 6.42 Å². The number of carbonyl (C=O) groups excluding carboxylic acids is 1. The molecule has 1 amide bonds. The molecule has 1 fully saturated rings. The van der Waals surface area contributed by atoms with Crippen molar-refractivity contribution in [3.8, 4) is 5.75 Å². The highest BCUT2D eigenvalue weighted by Crippen LogP contribution is 2.18. The summed E-state index contributed by atoms with van der Waals surface area (Å²) >= 11 is 0. The van der Waals surface area contributed by atoms with Crippen LogP contribution >= 0.6 is 0 Å². The minimum atomic E-state index is -0.0683. The van der Waals surface area contributed by atoms with Crippen molar-refractivity contribution >= 4 is 5.91 Å². The first-order chi connectivity index (χ1) is 9.20. The molecule has 1 aromatic carbocycles. The van der Waals surface area contributed by atoms with Gasteiger partial charge in [0.15, 0.2) is 0 Å². The number of hydrogen-bond acceptors (Lipinski definition) is 3. The Labute approximate surface area is 114 Å². The number of rotatable bonds is 3. The van der Waals surface area contributed by atoms with Crippen molar-refractivity contribution in [2.75, 3.05) is 7.11 Å². The lowest BCUT2D eigenvalue weighted by atomic mass is 10.0. The Morgan fingerprint density at radius 1 is 1.32 bits per heavy atom. The van der Waals surface area contributed by atoms with E-state index in [9.17, 15) is 4.79 Å². The minimum absolute atomic E-state index is 0.0667. The van der Waals surface area contributed by atoms with E-state index in [2.05, 4.69) is 5.32 Å². The number of methoxy groups -OCH3 is 1. The summed E-state index contributed by atoms with van der Waals surface area (Å²) in [5, 5.41) is 3.06. The predicted octanol–water partition coefficient (Wildman–Crippen LogP) is 2.08. The van der Waals surface area contributed by atoms with E-state index in [0.29, 0.717) is 11.3 Å². The fraction of sp³-hybridized carbons (Fsp3) is 0.533. The average Bonchev–Trinajstić information content (AvgIpc) is 2.64. The molecule has 4 nitrogen and oxygen atoms in total. The van der Waals surface area contributed by atoms with Crippen LogP contribution in [0.5, 0.6) is 5.75 Å². The quantitative estimate of drug-likeness (QED) is 0.820. The van der Waals surface area contributed by atoms with Crippen LogP contribution in [0.25, 0.3) is 0 Å². The van der Waals surface area contributed by atoms with E-state index in [4.69, 9.17) is 10.5 Å². The number of nitrogens with two attached hydrogens (primary N) is 1. The zero-order valence-corrected chi connectivity index (χ0v) is 11.4. The fourth-order valence-corrected chi connectivity index (χ4v) is 2.53. The second-order valence-corrected chi connectivity index (χ2v) is 5.11. The zero-order valence-electron chi connectivity index (χ0n) is 11.4. The molecule has 2 atom stereocenters. The Morgan fingerprint density at radius 3 is 2.89 bits per heavy atom. The third-order valence-corrected chi connectivity index (χ3v) is 3.72. The molecule has 2 unspecified atom stereocenters. The second kappa shape index (κ2) is 6.57. The van der Waals surface area contributed by atoms with E-state index in [-0.39, 0.29) is 18.0 Å². The van der Waals surface area contributed by atoms with Gasteiger partial charge in [-0.1, -0.05) is 25.3 Å². The lowest BCUT2D eigenvalue weighted by molar-refractivity contribution is 0.0928. The maximum atomic E-state index is 12.2. The summed E-state index contributed by atoms with van der Waals surface area (Å²) in [6.45, 7) is 0. The highest BCUT2D eigenvalue weighted by atomic mass is 16.5. The molecule has 0 bridgehead atoms. The number of amides is 1. The summed E-state index contributed by atoms with van der Waals surface area (Å²) in [7, 11) is 1.60. The average molecular weight is 262 g/mol. The first-order valence-corrected chi connectivity index (χ1v) is 6.91. The van der Waals surface area contributed by atoms with E-state index in [0.717, 1.165) is 25.7 Å². The largest absolute Gasteiger partial charge is 0.497 e. The third-order valence-electron chi connectivity index (χ3n) is 3.72. The van der Waals surface area contributed by atoms with E-state index >= 15 is 0 Å². The first kappa shape index (κ1) is 13.9. The van der Waals surface area contributed by atoms with E-state index in [1.807, 2.05) is 12.1 Å². The smallest absolute Gasteiger partial charge is 0.251 e. The molecule has 3 N–H and O–H groups in total. The maximum absolute atomic E-state index is 12.2. The molecular formula is C15H22N2O2. The fourth-order valence-electron chi connectivity index (χ4n) is 2.53. The molecule has 0 aromatic heterocycles. The van der Waals surface area contributed by atoms with Crippen LogP contribution in [-0.4, -0.2) is 25.1 Å². The van der Waals surface area contributed by atoms with Gasteiger partial charge in [-0.25, -0.2) is 0 Å². The van der Waals surface area contributed by atoms with Gasteiger partial charge in [-0.3, -0.25) is 4.79 Å². The van der Waals surface area contributed by atoms with Crippen LogP contribution in [0.2, 0.25) is 0 Å². The standard InChI is InChI=1S/C15H22N2O2/c1-19-12-7-5-6-11(10-12)15(18)17-14-9-4-2-3-8-13(14)16/h5-7,10,13-14H,2-4,8-9,16H2,1H3,(H,17,18). The van der Waals surface area contributed by atoms with Crippen molar-refractivity contribution in [2.24, 2.45) is 5.73 Å². The van der Waals surface area contributed by atoms with Crippen LogP contribution in [0.4, 0.5) is 0 Å². The van der Waals surface area contributed by atoms with Gasteiger partial charge in [0.2, 0.25) is 0 Å². The molecule has 0 aliphatic heterocycles. The van der Waals surface area contributed by atoms with E-state index in [1.54, 1.807) is 19.2 Å². The van der Waals surface area contributed by atoms with Gasteiger partial charge in [0, 0.05) is 17.6 Å². The highest BCUT2D eigenvalue weighted by molar-refractivity contribution is 5.94. The number of benzene rings is 1. The van der Waals surface area contributed by atoms with Crippen molar-refractivity contribution in [3.05, 3.63) is 29.8 Å². The summed E-state index contributed by atoms with van der Waals surface area (Å²) in [6.07, 6.45) is 5.46. The van der Waals surface area contributed by atoms with Crippen molar-refractivity contribution in [2.45, 2.75) is 44.2 Å². The molecule has 0 radical (unpaired) electrons. The molecular weight excluding hydrogens is 240 g/mol. The first-order valence-electron chi connectivity index (χ1n) is 6.91. The van der Waals surface area contributed by atoms with Crippen molar-refractivity contribution in [1.82, 2.24) is 5.32 Å². The molecule has 0 saturated heterocycles. The second-order valence-electron chi connectivity index (χ2n) is 5.11. The summed E-state index contributed by atoms with van der Waals surface area (Å²) in [6, 6.07) is 7.34. The molecule has 1 aliphatic rings. The monoisotopic (exact) mass is 262 g/mol. The van der Waals surface area contributed by atoms with Gasteiger partial charge in [0.1, 0.15) is 5.75 Å². The normalized spacial score (nSPS) is 23.5. The van der Waals surface area contributed by atoms with Crippen LogP contribution < -0.4 is 15.8 Å². The SMILES string of the molecule is COc1cccc(C(=O)NC2CCCCCC2N)c1. The van der Waals surface area contributed by atoms with Crippen molar-refractivity contribution in [3.63, 3.8) is 0 Å². The Kier molecular flexibility index (Phi) is 4.80. The molecule has 0 spiro atoms. The maximum Gasteiger partial charge on any atom is 0.251 e. The van der Waals surface area contributed by atoms with Gasteiger partial charge >= 0.3 is 0 Å². The van der Waals surface area contributed by atoms with Crippen LogP contribution in [-0.2, 0) is 0 Å². The van der Waals surface area contributed by atoms with Crippen molar-refractivity contribution in [1.29, 1.82) is 0 Å². The number of nitrogens with one attached hydrogen (secondary N) is 1. The van der Waals surface area contributed by atoms with Gasteiger partial charge in [-0.15, -0.1) is 0 Å². The summed E-state index contributed by atoms with van der Waals surface area (Å²) in [4.78, 5) is 12.2. The van der Waals surface area contributed by atoms with Crippen LogP contribution in [0, 0.1) is 0 Å². The number of carbonyl (C=O) groups is 1. The number of ether oxygens (including phenoxy) is 1. The van der Waals surface area contributed by atoms with Crippen LogP contribution in [0.15, 0.2) is 24.3 Å². The van der Waals surface area contributed by atoms with Gasteiger partial charge in [0.05, 0.1) is 7.11 Å². The number of hydrogen-bond donors (Lipinski definition) is 2. The van der Waals surface area contributed by atoms with E-state index < -0.39 is 0 Å². The zero-order chi connectivity index (χ0) is 13.7. The summed E-state index contributed by atoms with van der Waals surface area (Å²) < 4.78 is 5.13. The highest BCUT2D eigenvalue weighted by Gasteiger charge is 2.22. The third kappa shape index (κ3) is 3.70. The molecule has 1 aromatic rings. The lowest BCUT2D eigenvalue weighted by Gasteiger charge is -2.22. The molecule has 1 saturated carbocycles. The Balaban J connectivity index is 2.02. The van der Waals surface area contributed by atoms with Crippen LogP contribution in [0.1, 0.15) is 42.5 Å². The van der Waals surface area contributed by atoms with Gasteiger partial charge < -0.3 is 15.8 Å². The topological polar surface area (TPSA) is 64.3 Å². The van der Waals surface area contributed by atoms with Gasteiger partial charge in [-0.05, 0) is 31.0 Å². The molecule has 2 rings (SSSR count). The van der Waals surface area contributed by atoms with Crippen LogP contribution in [0.3, 0.4) is 0 Å². The minimum Gasteiger partial charge on any atom is -0.497 e. The molecule has 4 heteroatoms. The summed E-state index contributed by atoms with van der Waals surface area (Å²) in [5.74, 6) is 0.624. The Morgan fingerprint density at radius 2 is 2.11 bits per heavy atom. The molecule has 0 heterocycles. The van der Waals surface area contributed by atoms with Gasteiger partial charge in [0.25, 0.3) is 5.91 Å². The molecule has 1 aliphatic carbocycles. The predicted molar refractivity (Wildman–Crippen MR) is 75.3 cm³/mol. The molecule has 19 heavy (non-hydrogen) atoms. The summed E-state index contributed by atoms with van der Waals surface area (Å²) in [5.41, 5.74) is 6.74. The Bertz CT molecular complexity index is 434. The van der Waals surface area contributed by atoms with Crippen molar-refractivity contribution < 1.29 is 9.53 Å². The van der Waals surface area contributed by atoms with Gasteiger partial charge in [-0.2, -0.15) is 0 Å². The lowest BCUT2D eigenvalue weighted by Crippen LogP contribution is -2.46.